The van der Waals surface area contributed by atoms with E-state index in [1.807, 2.05) is 18.2 Å². The molecule has 110 valence electrons. The van der Waals surface area contributed by atoms with E-state index in [9.17, 15) is 0 Å². The van der Waals surface area contributed by atoms with Crippen LogP contribution in [0.15, 0.2) is 18.2 Å². The van der Waals surface area contributed by atoms with Crippen LogP contribution >= 0.6 is 0 Å². The van der Waals surface area contributed by atoms with Gasteiger partial charge >= 0.3 is 0 Å². The van der Waals surface area contributed by atoms with Gasteiger partial charge < -0.3 is 15.4 Å². The van der Waals surface area contributed by atoms with Gasteiger partial charge in [0, 0.05) is 24.7 Å². The van der Waals surface area contributed by atoms with Crippen molar-refractivity contribution in [3.63, 3.8) is 0 Å². The monoisotopic (exact) mass is 275 g/mol. The average molecular weight is 275 g/mol. The Morgan fingerprint density at radius 3 is 2.55 bits per heavy atom. The molecule has 0 aromatic heterocycles. The average Bonchev–Trinajstić information content (AvgIpc) is 2.47. The van der Waals surface area contributed by atoms with Crippen LogP contribution in [0.3, 0.4) is 0 Å². The van der Waals surface area contributed by atoms with Gasteiger partial charge in [0.1, 0.15) is 11.6 Å². The molecule has 1 heterocycles. The maximum absolute atomic E-state index is 7.75. The van der Waals surface area contributed by atoms with Crippen LogP contribution in [0.25, 0.3) is 0 Å². The fourth-order valence-electron chi connectivity index (χ4n) is 2.77. The molecule has 0 spiro atoms. The minimum absolute atomic E-state index is 0.117. The van der Waals surface area contributed by atoms with Gasteiger partial charge in [-0.2, -0.15) is 0 Å². The van der Waals surface area contributed by atoms with Crippen LogP contribution in [0, 0.1) is 10.8 Å². The summed E-state index contributed by atoms with van der Waals surface area (Å²) in [7, 11) is 1.66. The van der Waals surface area contributed by atoms with Gasteiger partial charge in [-0.05, 0) is 30.4 Å². The van der Waals surface area contributed by atoms with Crippen molar-refractivity contribution < 1.29 is 4.74 Å². The number of benzene rings is 1. The Labute approximate surface area is 121 Å². The molecule has 0 aliphatic carbocycles. The summed E-state index contributed by atoms with van der Waals surface area (Å²) in [6.07, 6.45) is 3.58. The van der Waals surface area contributed by atoms with Gasteiger partial charge in [0.25, 0.3) is 0 Å². The largest absolute Gasteiger partial charge is 0.497 e. The second-order valence-corrected chi connectivity index (χ2v) is 5.95. The molecule has 0 atom stereocenters. The van der Waals surface area contributed by atoms with Gasteiger partial charge in [0.2, 0.25) is 0 Å². The highest BCUT2D eigenvalue weighted by Gasteiger charge is 2.29. The highest BCUT2D eigenvalue weighted by atomic mass is 16.5. The zero-order valence-electron chi connectivity index (χ0n) is 12.7. The molecular weight excluding hydrogens is 250 g/mol. The number of nitrogens with one attached hydrogen (secondary N) is 1. The molecule has 4 heteroatoms. The molecule has 1 fully saturated rings. The molecule has 1 aliphatic heterocycles. The van der Waals surface area contributed by atoms with E-state index in [-0.39, 0.29) is 5.84 Å². The van der Waals surface area contributed by atoms with Crippen molar-refractivity contribution in [3.8, 4) is 5.75 Å². The van der Waals surface area contributed by atoms with Crippen LogP contribution < -0.4 is 15.4 Å². The third-order valence-electron chi connectivity index (χ3n) is 4.66. The summed E-state index contributed by atoms with van der Waals surface area (Å²) >= 11 is 0. The molecule has 20 heavy (non-hydrogen) atoms. The van der Waals surface area contributed by atoms with Crippen molar-refractivity contribution in [1.82, 2.24) is 0 Å². The van der Waals surface area contributed by atoms with Gasteiger partial charge in [0.05, 0.1) is 12.8 Å². The molecule has 0 saturated carbocycles. The lowest BCUT2D eigenvalue weighted by atomic mass is 9.78. The van der Waals surface area contributed by atoms with Crippen molar-refractivity contribution in [2.45, 2.75) is 33.1 Å². The van der Waals surface area contributed by atoms with Crippen LogP contribution in [0.5, 0.6) is 5.75 Å². The molecule has 0 radical (unpaired) electrons. The Balaban J connectivity index is 2.26. The highest BCUT2D eigenvalue weighted by Crippen LogP contribution is 2.37. The molecule has 1 aromatic rings. The minimum Gasteiger partial charge on any atom is -0.497 e. The van der Waals surface area contributed by atoms with Gasteiger partial charge in [0.15, 0.2) is 0 Å². The Morgan fingerprint density at radius 2 is 2.05 bits per heavy atom. The van der Waals surface area contributed by atoms with Crippen molar-refractivity contribution in [2.75, 3.05) is 25.1 Å². The Bertz CT molecular complexity index is 490. The first kappa shape index (κ1) is 14.7. The summed E-state index contributed by atoms with van der Waals surface area (Å²) in [6, 6.07) is 5.73. The quantitative estimate of drug-likeness (QED) is 0.656. The minimum atomic E-state index is 0.117. The third kappa shape index (κ3) is 2.89. The van der Waals surface area contributed by atoms with Crippen LogP contribution in [0.4, 0.5) is 5.69 Å². The van der Waals surface area contributed by atoms with E-state index in [2.05, 4.69) is 18.7 Å². The number of nitrogens with zero attached hydrogens (tertiary/aromatic N) is 1. The highest BCUT2D eigenvalue weighted by molar-refractivity contribution is 6.00. The van der Waals surface area contributed by atoms with E-state index in [1.165, 1.54) is 19.3 Å². The lowest BCUT2D eigenvalue weighted by molar-refractivity contribution is 0.238. The van der Waals surface area contributed by atoms with Crippen molar-refractivity contribution in [1.29, 1.82) is 5.41 Å². The summed E-state index contributed by atoms with van der Waals surface area (Å²) in [5, 5.41) is 7.75. The number of hydrogen-bond donors (Lipinski definition) is 2. The molecule has 0 bridgehead atoms. The first-order valence-electron chi connectivity index (χ1n) is 7.26. The number of amidine groups is 1. The molecule has 1 saturated heterocycles. The van der Waals surface area contributed by atoms with Crippen LogP contribution in [-0.2, 0) is 0 Å². The maximum Gasteiger partial charge on any atom is 0.124 e. The number of nitrogen functional groups attached to an aromatic ring is 1. The van der Waals surface area contributed by atoms with Crippen LogP contribution in [0.1, 0.15) is 38.7 Å². The van der Waals surface area contributed by atoms with E-state index in [0.717, 1.165) is 30.1 Å². The molecule has 1 aromatic carbocycles. The SMILES string of the molecule is CCC1(C)CCN(c2cc(OC)ccc2C(=N)N)CC1. The summed E-state index contributed by atoms with van der Waals surface area (Å²) in [5.74, 6) is 0.931. The maximum atomic E-state index is 7.75. The topological polar surface area (TPSA) is 62.3 Å². The van der Waals surface area contributed by atoms with Crippen LogP contribution in [0.2, 0.25) is 0 Å². The third-order valence-corrected chi connectivity index (χ3v) is 4.66. The number of nitrogens with two attached hydrogens (primary N) is 1. The van der Waals surface area contributed by atoms with Gasteiger partial charge in [-0.15, -0.1) is 0 Å². The molecule has 4 nitrogen and oxygen atoms in total. The lowest BCUT2D eigenvalue weighted by Crippen LogP contribution is -2.39. The summed E-state index contributed by atoms with van der Waals surface area (Å²) < 4.78 is 5.30. The number of hydrogen-bond acceptors (Lipinski definition) is 3. The van der Waals surface area contributed by atoms with Gasteiger partial charge in [-0.1, -0.05) is 20.3 Å². The summed E-state index contributed by atoms with van der Waals surface area (Å²) in [4.78, 5) is 2.33. The second-order valence-electron chi connectivity index (χ2n) is 5.95. The number of piperidine rings is 1. The van der Waals surface area contributed by atoms with E-state index in [0.29, 0.717) is 5.41 Å². The first-order valence-corrected chi connectivity index (χ1v) is 7.26. The Kier molecular flexibility index (Phi) is 4.21. The summed E-state index contributed by atoms with van der Waals surface area (Å²) in [5.41, 5.74) is 7.98. The predicted molar refractivity (Wildman–Crippen MR) is 83.9 cm³/mol. The molecule has 3 N–H and O–H groups in total. The smallest absolute Gasteiger partial charge is 0.124 e. The zero-order valence-corrected chi connectivity index (χ0v) is 12.7. The first-order chi connectivity index (χ1) is 9.49. The Hall–Kier alpha value is -1.71. The summed E-state index contributed by atoms with van der Waals surface area (Å²) in [6.45, 7) is 6.65. The molecule has 0 unspecified atom stereocenters. The standard InChI is InChI=1S/C16H25N3O/c1-4-16(2)7-9-19(10-8-16)14-11-12(20-3)5-6-13(14)15(17)18/h5-6,11H,4,7-10H2,1-3H3,(H3,17,18). The van der Waals surface area contributed by atoms with Gasteiger partial charge in [-0.25, -0.2) is 0 Å². The van der Waals surface area contributed by atoms with E-state index in [4.69, 9.17) is 15.9 Å². The number of anilines is 1. The number of ether oxygens (including phenoxy) is 1. The molecule has 1 aliphatic rings. The molecule has 2 rings (SSSR count). The molecule has 0 amide bonds. The second kappa shape index (κ2) is 5.73. The fourth-order valence-corrected chi connectivity index (χ4v) is 2.77. The van der Waals surface area contributed by atoms with Crippen molar-refractivity contribution in [2.24, 2.45) is 11.1 Å². The van der Waals surface area contributed by atoms with E-state index in [1.54, 1.807) is 7.11 Å². The number of rotatable bonds is 4. The predicted octanol–water partition coefficient (Wildman–Crippen LogP) is 3.00. The number of methoxy groups -OCH3 is 1. The van der Waals surface area contributed by atoms with Crippen LogP contribution in [-0.4, -0.2) is 26.0 Å². The molecular formula is C16H25N3O. The van der Waals surface area contributed by atoms with Crippen molar-refractivity contribution in [3.05, 3.63) is 23.8 Å². The zero-order chi connectivity index (χ0) is 14.8. The fraction of sp³-hybridized carbons (Fsp3) is 0.562. The lowest BCUT2D eigenvalue weighted by Gasteiger charge is -2.40. The Morgan fingerprint density at radius 1 is 1.40 bits per heavy atom. The van der Waals surface area contributed by atoms with E-state index < -0.39 is 0 Å². The van der Waals surface area contributed by atoms with Gasteiger partial charge in [-0.3, -0.25) is 5.41 Å². The van der Waals surface area contributed by atoms with Crippen molar-refractivity contribution >= 4 is 11.5 Å². The normalized spacial score (nSPS) is 17.9. The van der Waals surface area contributed by atoms with E-state index >= 15 is 0 Å².